The molecule has 0 aliphatic carbocycles. The highest BCUT2D eigenvalue weighted by molar-refractivity contribution is 5.42. The Morgan fingerprint density at radius 1 is 1.29 bits per heavy atom. The predicted octanol–water partition coefficient (Wildman–Crippen LogP) is 1.67. The average Bonchev–Trinajstić information content (AvgIpc) is 2.36. The minimum Gasteiger partial charge on any atom is -0.396 e. The number of nitrogen functional groups attached to an aromatic ring is 1. The van der Waals surface area contributed by atoms with Gasteiger partial charge in [0.2, 0.25) is 0 Å². The van der Waals surface area contributed by atoms with Crippen molar-refractivity contribution < 1.29 is 4.39 Å². The molecule has 0 radical (unpaired) electrons. The molecule has 17 heavy (non-hydrogen) atoms. The first kappa shape index (κ1) is 11.9. The highest BCUT2D eigenvalue weighted by Crippen LogP contribution is 2.17. The smallest absolute Gasteiger partial charge is 0.150 e. The number of hydrogen-bond donors (Lipinski definition) is 1. The summed E-state index contributed by atoms with van der Waals surface area (Å²) in [7, 11) is 0. The standard InChI is InChI=1S/C13H18FN3/c1-2-16-6-8-17(9-7-16)10-11-4-3-5-12(15)13(11)14/h2-5H,1,6-10,15H2. The maximum atomic E-state index is 13.7. The number of anilines is 1. The SMILES string of the molecule is C=CN1CCN(Cc2cccc(N)c2F)CC1. The van der Waals surface area contributed by atoms with Gasteiger partial charge in [-0.2, -0.15) is 0 Å². The van der Waals surface area contributed by atoms with Gasteiger partial charge >= 0.3 is 0 Å². The van der Waals surface area contributed by atoms with E-state index in [1.807, 2.05) is 6.20 Å². The molecule has 1 aliphatic heterocycles. The van der Waals surface area contributed by atoms with Crippen LogP contribution in [-0.2, 0) is 6.54 Å². The van der Waals surface area contributed by atoms with E-state index in [0.29, 0.717) is 12.1 Å². The van der Waals surface area contributed by atoms with E-state index < -0.39 is 0 Å². The van der Waals surface area contributed by atoms with Crippen LogP contribution in [0.4, 0.5) is 10.1 Å². The number of nitrogens with zero attached hydrogens (tertiary/aromatic N) is 2. The predicted molar refractivity (Wildman–Crippen MR) is 67.9 cm³/mol. The molecule has 1 aliphatic rings. The van der Waals surface area contributed by atoms with Gasteiger partial charge in [-0.15, -0.1) is 0 Å². The molecule has 92 valence electrons. The number of nitrogens with two attached hydrogens (primary N) is 1. The minimum atomic E-state index is -0.279. The molecular formula is C13H18FN3. The summed E-state index contributed by atoms with van der Waals surface area (Å²) in [6.07, 6.45) is 1.86. The van der Waals surface area contributed by atoms with Crippen LogP contribution >= 0.6 is 0 Å². The van der Waals surface area contributed by atoms with Crippen LogP contribution in [-0.4, -0.2) is 36.0 Å². The van der Waals surface area contributed by atoms with Gasteiger partial charge in [-0.1, -0.05) is 18.7 Å². The molecule has 1 saturated heterocycles. The number of piperazine rings is 1. The molecule has 2 N–H and O–H groups in total. The van der Waals surface area contributed by atoms with Crippen molar-refractivity contribution in [3.05, 3.63) is 42.4 Å². The van der Waals surface area contributed by atoms with Crippen LogP contribution in [0.15, 0.2) is 31.0 Å². The molecule has 0 aromatic heterocycles. The fraction of sp³-hybridized carbons (Fsp3) is 0.385. The van der Waals surface area contributed by atoms with Gasteiger partial charge in [0, 0.05) is 38.3 Å². The van der Waals surface area contributed by atoms with Crippen LogP contribution in [0, 0.1) is 5.82 Å². The van der Waals surface area contributed by atoms with Crippen LogP contribution in [0.2, 0.25) is 0 Å². The zero-order valence-corrected chi connectivity index (χ0v) is 9.90. The Labute approximate surface area is 101 Å². The molecule has 3 nitrogen and oxygen atoms in total. The van der Waals surface area contributed by atoms with E-state index >= 15 is 0 Å². The average molecular weight is 235 g/mol. The van der Waals surface area contributed by atoms with Crippen LogP contribution in [0.25, 0.3) is 0 Å². The second-order valence-electron chi connectivity index (χ2n) is 4.32. The Bertz CT molecular complexity index is 398. The third kappa shape index (κ3) is 2.77. The third-order valence-corrected chi connectivity index (χ3v) is 3.17. The summed E-state index contributed by atoms with van der Waals surface area (Å²) >= 11 is 0. The molecule has 0 spiro atoms. The fourth-order valence-electron chi connectivity index (χ4n) is 2.07. The zero-order valence-electron chi connectivity index (χ0n) is 9.90. The largest absolute Gasteiger partial charge is 0.396 e. The minimum absolute atomic E-state index is 0.229. The molecule has 1 heterocycles. The quantitative estimate of drug-likeness (QED) is 0.809. The van der Waals surface area contributed by atoms with E-state index in [-0.39, 0.29) is 11.5 Å². The topological polar surface area (TPSA) is 32.5 Å². The van der Waals surface area contributed by atoms with E-state index in [9.17, 15) is 4.39 Å². The zero-order chi connectivity index (χ0) is 12.3. The van der Waals surface area contributed by atoms with Crippen LogP contribution in [0.1, 0.15) is 5.56 Å². The van der Waals surface area contributed by atoms with Crippen molar-refractivity contribution in [2.24, 2.45) is 0 Å². The Kier molecular flexibility index (Phi) is 3.64. The molecule has 2 rings (SSSR count). The molecule has 1 fully saturated rings. The molecule has 1 aromatic rings. The van der Waals surface area contributed by atoms with Crippen molar-refractivity contribution in [2.75, 3.05) is 31.9 Å². The highest BCUT2D eigenvalue weighted by Gasteiger charge is 2.16. The first-order valence-corrected chi connectivity index (χ1v) is 5.82. The maximum Gasteiger partial charge on any atom is 0.150 e. The van der Waals surface area contributed by atoms with Crippen molar-refractivity contribution in [3.8, 4) is 0 Å². The van der Waals surface area contributed by atoms with Crippen LogP contribution in [0.3, 0.4) is 0 Å². The van der Waals surface area contributed by atoms with Gasteiger partial charge in [0.25, 0.3) is 0 Å². The maximum absolute atomic E-state index is 13.7. The lowest BCUT2D eigenvalue weighted by atomic mass is 10.1. The molecule has 0 atom stereocenters. The van der Waals surface area contributed by atoms with Crippen molar-refractivity contribution in [2.45, 2.75) is 6.54 Å². The molecule has 4 heteroatoms. The van der Waals surface area contributed by atoms with Gasteiger partial charge in [-0.05, 0) is 12.3 Å². The first-order chi connectivity index (χ1) is 8.20. The van der Waals surface area contributed by atoms with Gasteiger partial charge < -0.3 is 10.6 Å². The molecule has 0 saturated carbocycles. The van der Waals surface area contributed by atoms with E-state index in [1.165, 1.54) is 0 Å². The third-order valence-electron chi connectivity index (χ3n) is 3.17. The van der Waals surface area contributed by atoms with E-state index in [0.717, 1.165) is 26.2 Å². The lowest BCUT2D eigenvalue weighted by molar-refractivity contribution is 0.161. The second kappa shape index (κ2) is 5.19. The number of rotatable bonds is 3. The molecule has 0 amide bonds. The van der Waals surface area contributed by atoms with Crippen LogP contribution < -0.4 is 5.73 Å². The van der Waals surface area contributed by atoms with Crippen molar-refractivity contribution in [1.29, 1.82) is 0 Å². The van der Waals surface area contributed by atoms with Gasteiger partial charge in [0.15, 0.2) is 5.82 Å². The van der Waals surface area contributed by atoms with Crippen molar-refractivity contribution in [1.82, 2.24) is 9.80 Å². The Morgan fingerprint density at radius 2 is 2.00 bits per heavy atom. The summed E-state index contributed by atoms with van der Waals surface area (Å²) in [5.41, 5.74) is 6.46. The Hall–Kier alpha value is -1.55. The Balaban J connectivity index is 1.98. The number of hydrogen-bond acceptors (Lipinski definition) is 3. The molecule has 1 aromatic carbocycles. The summed E-state index contributed by atoms with van der Waals surface area (Å²) in [6.45, 7) is 8.14. The van der Waals surface area contributed by atoms with Gasteiger partial charge in [0.05, 0.1) is 5.69 Å². The lowest BCUT2D eigenvalue weighted by Crippen LogP contribution is -2.43. The van der Waals surface area contributed by atoms with Crippen molar-refractivity contribution >= 4 is 5.69 Å². The summed E-state index contributed by atoms with van der Waals surface area (Å²) in [6, 6.07) is 5.19. The summed E-state index contributed by atoms with van der Waals surface area (Å²) in [4.78, 5) is 4.41. The Morgan fingerprint density at radius 3 is 2.65 bits per heavy atom. The van der Waals surface area contributed by atoms with Crippen molar-refractivity contribution in [3.63, 3.8) is 0 Å². The second-order valence-corrected chi connectivity index (χ2v) is 4.32. The molecular weight excluding hydrogens is 217 g/mol. The van der Waals surface area contributed by atoms with Gasteiger partial charge in [0.1, 0.15) is 0 Å². The monoisotopic (exact) mass is 235 g/mol. The van der Waals surface area contributed by atoms with E-state index in [2.05, 4.69) is 16.4 Å². The molecule has 0 unspecified atom stereocenters. The normalized spacial score (nSPS) is 17.1. The number of halogens is 1. The summed E-state index contributed by atoms with van der Waals surface area (Å²) in [5.74, 6) is -0.279. The van der Waals surface area contributed by atoms with Crippen LogP contribution in [0.5, 0.6) is 0 Å². The lowest BCUT2D eigenvalue weighted by Gasteiger charge is -2.33. The summed E-state index contributed by atoms with van der Waals surface area (Å²) in [5, 5.41) is 0. The van der Waals surface area contributed by atoms with Gasteiger partial charge in [-0.3, -0.25) is 4.90 Å². The van der Waals surface area contributed by atoms with E-state index in [1.54, 1.807) is 18.2 Å². The number of benzene rings is 1. The van der Waals surface area contributed by atoms with E-state index in [4.69, 9.17) is 5.73 Å². The van der Waals surface area contributed by atoms with Gasteiger partial charge in [-0.25, -0.2) is 4.39 Å². The summed E-state index contributed by atoms with van der Waals surface area (Å²) < 4.78 is 13.7. The first-order valence-electron chi connectivity index (χ1n) is 5.82. The fourth-order valence-corrected chi connectivity index (χ4v) is 2.07. The molecule has 0 bridgehead atoms. The highest BCUT2D eigenvalue weighted by atomic mass is 19.1.